The highest BCUT2D eigenvalue weighted by Crippen LogP contribution is 2.29. The second-order valence-corrected chi connectivity index (χ2v) is 7.43. The summed E-state index contributed by atoms with van der Waals surface area (Å²) in [7, 11) is 0. The molecule has 0 aromatic carbocycles. The lowest BCUT2D eigenvalue weighted by molar-refractivity contribution is -0.130. The zero-order valence-electron chi connectivity index (χ0n) is 14.3. The Kier molecular flexibility index (Phi) is 5.92. The summed E-state index contributed by atoms with van der Waals surface area (Å²) in [5, 5.41) is 3.06. The molecule has 5 heteroatoms. The standard InChI is InChI=1S/C18H31N3O2/c22-17-13-15(14-21(17)16-7-3-4-8-16)18(23)19-9-12-20-10-5-1-2-6-11-20/h15-16H,1-14H2,(H,19,23). The largest absolute Gasteiger partial charge is 0.355 e. The molecule has 130 valence electrons. The van der Waals surface area contributed by atoms with Crippen LogP contribution in [0.2, 0.25) is 0 Å². The maximum Gasteiger partial charge on any atom is 0.225 e. The molecule has 2 amide bonds. The van der Waals surface area contributed by atoms with Gasteiger partial charge in [0.2, 0.25) is 11.8 Å². The Morgan fingerprint density at radius 1 is 1.04 bits per heavy atom. The first-order chi connectivity index (χ1) is 11.2. The van der Waals surface area contributed by atoms with Crippen molar-refractivity contribution in [3.05, 3.63) is 0 Å². The third-order valence-electron chi connectivity index (χ3n) is 5.72. The van der Waals surface area contributed by atoms with E-state index in [0.717, 1.165) is 32.5 Å². The minimum absolute atomic E-state index is 0.0775. The normalized spacial score (nSPS) is 27.4. The van der Waals surface area contributed by atoms with E-state index in [1.54, 1.807) is 0 Å². The van der Waals surface area contributed by atoms with Gasteiger partial charge in [0.15, 0.2) is 0 Å². The van der Waals surface area contributed by atoms with Crippen LogP contribution in [0, 0.1) is 5.92 Å². The van der Waals surface area contributed by atoms with Gasteiger partial charge < -0.3 is 15.1 Å². The number of carbonyl (C=O) groups is 2. The molecule has 2 saturated heterocycles. The Hall–Kier alpha value is -1.10. The van der Waals surface area contributed by atoms with Gasteiger partial charge in [0.1, 0.15) is 0 Å². The SMILES string of the molecule is O=C(NCCN1CCCCCC1)C1CC(=O)N(C2CCCC2)C1. The smallest absolute Gasteiger partial charge is 0.225 e. The summed E-state index contributed by atoms with van der Waals surface area (Å²) < 4.78 is 0. The number of rotatable bonds is 5. The topological polar surface area (TPSA) is 52.7 Å². The average Bonchev–Trinajstić information content (AvgIpc) is 3.12. The highest BCUT2D eigenvalue weighted by molar-refractivity contribution is 5.89. The molecule has 2 aliphatic heterocycles. The molecule has 1 unspecified atom stereocenters. The van der Waals surface area contributed by atoms with Crippen molar-refractivity contribution < 1.29 is 9.59 Å². The Morgan fingerprint density at radius 3 is 2.43 bits per heavy atom. The highest BCUT2D eigenvalue weighted by Gasteiger charge is 2.38. The zero-order valence-corrected chi connectivity index (χ0v) is 14.3. The zero-order chi connectivity index (χ0) is 16.1. The second kappa shape index (κ2) is 8.13. The second-order valence-electron chi connectivity index (χ2n) is 7.43. The molecule has 3 aliphatic rings. The van der Waals surface area contributed by atoms with E-state index in [0.29, 0.717) is 25.6 Å². The van der Waals surface area contributed by atoms with E-state index >= 15 is 0 Å². The van der Waals surface area contributed by atoms with E-state index in [-0.39, 0.29) is 17.7 Å². The molecule has 3 rings (SSSR count). The molecular weight excluding hydrogens is 290 g/mol. The van der Waals surface area contributed by atoms with Crippen LogP contribution in [0.15, 0.2) is 0 Å². The maximum atomic E-state index is 12.4. The molecule has 1 aliphatic carbocycles. The quantitative estimate of drug-likeness (QED) is 0.839. The van der Waals surface area contributed by atoms with Gasteiger partial charge in [-0.25, -0.2) is 0 Å². The van der Waals surface area contributed by atoms with E-state index < -0.39 is 0 Å². The molecule has 2 heterocycles. The van der Waals surface area contributed by atoms with Crippen molar-refractivity contribution in [3.8, 4) is 0 Å². The van der Waals surface area contributed by atoms with Crippen LogP contribution in [0.4, 0.5) is 0 Å². The van der Waals surface area contributed by atoms with Crippen LogP contribution in [0.5, 0.6) is 0 Å². The number of likely N-dealkylation sites (tertiary alicyclic amines) is 2. The van der Waals surface area contributed by atoms with Crippen LogP contribution < -0.4 is 5.32 Å². The number of hydrogen-bond donors (Lipinski definition) is 1. The maximum absolute atomic E-state index is 12.4. The van der Waals surface area contributed by atoms with Crippen molar-refractivity contribution in [1.82, 2.24) is 15.1 Å². The molecule has 0 aromatic rings. The lowest BCUT2D eigenvalue weighted by Crippen LogP contribution is -2.39. The lowest BCUT2D eigenvalue weighted by Gasteiger charge is -2.24. The third kappa shape index (κ3) is 4.46. The van der Waals surface area contributed by atoms with Gasteiger partial charge in [-0.1, -0.05) is 25.7 Å². The van der Waals surface area contributed by atoms with Crippen LogP contribution in [0.1, 0.15) is 57.8 Å². The van der Waals surface area contributed by atoms with Gasteiger partial charge in [-0.05, 0) is 38.8 Å². The summed E-state index contributed by atoms with van der Waals surface area (Å²) in [4.78, 5) is 29.0. The number of hydrogen-bond acceptors (Lipinski definition) is 3. The monoisotopic (exact) mass is 321 g/mol. The van der Waals surface area contributed by atoms with Crippen molar-refractivity contribution in [2.24, 2.45) is 5.92 Å². The molecule has 5 nitrogen and oxygen atoms in total. The van der Waals surface area contributed by atoms with E-state index in [2.05, 4.69) is 10.2 Å². The van der Waals surface area contributed by atoms with Gasteiger partial charge in [-0.2, -0.15) is 0 Å². The fourth-order valence-electron chi connectivity index (χ4n) is 4.32. The molecule has 3 fully saturated rings. The first kappa shape index (κ1) is 16.7. The third-order valence-corrected chi connectivity index (χ3v) is 5.72. The average molecular weight is 321 g/mol. The van der Waals surface area contributed by atoms with Crippen molar-refractivity contribution in [1.29, 1.82) is 0 Å². The van der Waals surface area contributed by atoms with E-state index in [4.69, 9.17) is 0 Å². The predicted octanol–water partition coefficient (Wildman–Crippen LogP) is 1.77. The molecular formula is C18H31N3O2. The van der Waals surface area contributed by atoms with Crippen LogP contribution in [0.3, 0.4) is 0 Å². The Bertz CT molecular complexity index is 412. The molecule has 1 saturated carbocycles. The molecule has 0 spiro atoms. The van der Waals surface area contributed by atoms with Crippen molar-refractivity contribution in [2.75, 3.05) is 32.7 Å². The fourth-order valence-corrected chi connectivity index (χ4v) is 4.32. The first-order valence-corrected chi connectivity index (χ1v) is 9.53. The van der Waals surface area contributed by atoms with Crippen molar-refractivity contribution in [3.63, 3.8) is 0 Å². The summed E-state index contributed by atoms with van der Waals surface area (Å²) in [6, 6.07) is 0.400. The van der Waals surface area contributed by atoms with Gasteiger partial charge >= 0.3 is 0 Å². The van der Waals surface area contributed by atoms with E-state index in [1.165, 1.54) is 38.5 Å². The molecule has 0 radical (unpaired) electrons. The highest BCUT2D eigenvalue weighted by atomic mass is 16.2. The van der Waals surface area contributed by atoms with Crippen LogP contribution >= 0.6 is 0 Å². The van der Waals surface area contributed by atoms with Crippen molar-refractivity contribution >= 4 is 11.8 Å². The van der Waals surface area contributed by atoms with E-state index in [1.807, 2.05) is 4.90 Å². The molecule has 23 heavy (non-hydrogen) atoms. The number of nitrogens with one attached hydrogen (secondary N) is 1. The number of nitrogens with zero attached hydrogens (tertiary/aromatic N) is 2. The van der Waals surface area contributed by atoms with Crippen LogP contribution in [-0.4, -0.2) is 60.4 Å². The van der Waals surface area contributed by atoms with Gasteiger partial charge in [0, 0.05) is 32.1 Å². The summed E-state index contributed by atoms with van der Waals surface area (Å²) in [5.74, 6) is 0.130. The van der Waals surface area contributed by atoms with Crippen molar-refractivity contribution in [2.45, 2.75) is 63.8 Å². The summed E-state index contributed by atoms with van der Waals surface area (Å²) in [6.07, 6.45) is 10.3. The fraction of sp³-hybridized carbons (Fsp3) is 0.889. The van der Waals surface area contributed by atoms with E-state index in [9.17, 15) is 9.59 Å². The lowest BCUT2D eigenvalue weighted by atomic mass is 10.1. The molecule has 0 aromatic heterocycles. The number of amides is 2. The molecule has 1 N–H and O–H groups in total. The minimum atomic E-state index is -0.132. The first-order valence-electron chi connectivity index (χ1n) is 9.53. The summed E-state index contributed by atoms with van der Waals surface area (Å²) >= 11 is 0. The van der Waals surface area contributed by atoms with Gasteiger partial charge in [0.05, 0.1) is 5.92 Å². The van der Waals surface area contributed by atoms with Gasteiger partial charge in [-0.15, -0.1) is 0 Å². The van der Waals surface area contributed by atoms with Crippen LogP contribution in [-0.2, 0) is 9.59 Å². The predicted molar refractivity (Wildman–Crippen MR) is 90.0 cm³/mol. The number of carbonyl (C=O) groups excluding carboxylic acids is 2. The Balaban J connectivity index is 1.39. The summed E-state index contributed by atoms with van der Waals surface area (Å²) in [5.41, 5.74) is 0. The van der Waals surface area contributed by atoms with Gasteiger partial charge in [-0.3, -0.25) is 9.59 Å². The van der Waals surface area contributed by atoms with Crippen LogP contribution in [0.25, 0.3) is 0 Å². The molecule has 0 bridgehead atoms. The van der Waals surface area contributed by atoms with Gasteiger partial charge in [0.25, 0.3) is 0 Å². The molecule has 1 atom stereocenters. The Labute approximate surface area is 139 Å². The summed E-state index contributed by atoms with van der Waals surface area (Å²) in [6.45, 7) is 4.62. The Morgan fingerprint density at radius 2 is 1.74 bits per heavy atom. The minimum Gasteiger partial charge on any atom is -0.355 e.